The van der Waals surface area contributed by atoms with Gasteiger partial charge in [-0.25, -0.2) is 9.97 Å². The van der Waals surface area contributed by atoms with Crippen LogP contribution in [0.2, 0.25) is 0 Å². The molecule has 27 heavy (non-hydrogen) atoms. The number of nitrogens with zero attached hydrogens (tertiary/aromatic N) is 6. The molecule has 0 aromatic carbocycles. The quantitative estimate of drug-likeness (QED) is 0.823. The minimum absolute atomic E-state index is 0.439. The van der Waals surface area contributed by atoms with E-state index in [1.165, 1.54) is 38.5 Å². The van der Waals surface area contributed by atoms with Crippen LogP contribution < -0.4 is 4.90 Å². The minimum atomic E-state index is 0.439. The molecule has 146 valence electrons. The van der Waals surface area contributed by atoms with Crippen molar-refractivity contribution in [2.45, 2.75) is 50.5 Å². The Kier molecular flexibility index (Phi) is 4.73. The van der Waals surface area contributed by atoms with Gasteiger partial charge in [-0.05, 0) is 25.7 Å². The van der Waals surface area contributed by atoms with Crippen molar-refractivity contribution in [3.8, 4) is 0 Å². The Labute approximate surface area is 160 Å². The second kappa shape index (κ2) is 7.36. The molecule has 2 saturated heterocycles. The average Bonchev–Trinajstić information content (AvgIpc) is 3.45. The summed E-state index contributed by atoms with van der Waals surface area (Å²) in [5.74, 6) is 2.64. The largest absolute Gasteiger partial charge is 0.377 e. The predicted octanol–water partition coefficient (Wildman–Crippen LogP) is 2.32. The van der Waals surface area contributed by atoms with Gasteiger partial charge in [-0.1, -0.05) is 12.8 Å². The number of anilines is 1. The third-order valence-electron chi connectivity index (χ3n) is 6.47. The Morgan fingerprint density at radius 2 is 1.85 bits per heavy atom. The van der Waals surface area contributed by atoms with Gasteiger partial charge in [-0.15, -0.1) is 0 Å². The summed E-state index contributed by atoms with van der Waals surface area (Å²) in [6.07, 6.45) is 9.85. The van der Waals surface area contributed by atoms with Crippen LogP contribution in [0.5, 0.6) is 0 Å². The van der Waals surface area contributed by atoms with Crippen LogP contribution in [0.4, 0.5) is 5.82 Å². The van der Waals surface area contributed by atoms with Gasteiger partial charge in [0, 0.05) is 52.3 Å². The summed E-state index contributed by atoms with van der Waals surface area (Å²) < 4.78 is 7.71. The molecule has 0 radical (unpaired) electrons. The normalized spacial score (nSPS) is 25.1. The topological polar surface area (TPSA) is 59.3 Å². The molecule has 0 amide bonds. The van der Waals surface area contributed by atoms with Crippen molar-refractivity contribution in [1.82, 2.24) is 24.6 Å². The molecule has 0 bridgehead atoms. The van der Waals surface area contributed by atoms with E-state index in [0.29, 0.717) is 12.0 Å². The molecule has 0 N–H and O–H groups in total. The summed E-state index contributed by atoms with van der Waals surface area (Å²) in [7, 11) is 1.98. The number of rotatable bonds is 4. The fourth-order valence-electron chi connectivity index (χ4n) is 4.85. The summed E-state index contributed by atoms with van der Waals surface area (Å²) >= 11 is 0. The molecule has 7 heteroatoms. The highest BCUT2D eigenvalue weighted by atomic mass is 16.5. The average molecular weight is 371 g/mol. The van der Waals surface area contributed by atoms with Crippen molar-refractivity contribution >= 4 is 16.9 Å². The van der Waals surface area contributed by atoms with Crippen LogP contribution in [-0.4, -0.2) is 70.1 Å². The third kappa shape index (κ3) is 3.43. The maximum absolute atomic E-state index is 5.81. The molecule has 4 heterocycles. The van der Waals surface area contributed by atoms with E-state index in [1.54, 1.807) is 0 Å². The van der Waals surface area contributed by atoms with E-state index in [0.717, 1.165) is 62.0 Å². The molecule has 1 saturated carbocycles. The monoisotopic (exact) mass is 370 g/mol. The molecule has 1 atom stereocenters. The molecule has 5 rings (SSSR count). The van der Waals surface area contributed by atoms with Gasteiger partial charge >= 0.3 is 0 Å². The van der Waals surface area contributed by atoms with Gasteiger partial charge in [-0.3, -0.25) is 9.58 Å². The van der Waals surface area contributed by atoms with Crippen LogP contribution in [0.1, 0.15) is 50.3 Å². The highest BCUT2D eigenvalue weighted by Crippen LogP contribution is 2.35. The summed E-state index contributed by atoms with van der Waals surface area (Å²) in [6.45, 7) is 6.19. The first-order valence-electron chi connectivity index (χ1n) is 10.6. The number of hydrogen-bond acceptors (Lipinski definition) is 6. The van der Waals surface area contributed by atoms with Crippen LogP contribution in [0.3, 0.4) is 0 Å². The maximum atomic E-state index is 5.81. The molecule has 0 unspecified atom stereocenters. The summed E-state index contributed by atoms with van der Waals surface area (Å²) in [6, 6.07) is 0. The fraction of sp³-hybridized carbons (Fsp3) is 0.750. The molecular formula is C20H30N6O. The fourth-order valence-corrected chi connectivity index (χ4v) is 4.85. The number of ether oxygens (including phenoxy) is 1. The zero-order valence-electron chi connectivity index (χ0n) is 16.3. The second-order valence-corrected chi connectivity index (χ2v) is 8.31. The van der Waals surface area contributed by atoms with Crippen molar-refractivity contribution < 1.29 is 4.74 Å². The number of aromatic nitrogens is 4. The van der Waals surface area contributed by atoms with E-state index in [-0.39, 0.29) is 0 Å². The third-order valence-corrected chi connectivity index (χ3v) is 6.47. The van der Waals surface area contributed by atoms with Crippen LogP contribution in [0, 0.1) is 0 Å². The van der Waals surface area contributed by atoms with Crippen molar-refractivity contribution in [3.05, 3.63) is 12.0 Å². The van der Waals surface area contributed by atoms with Crippen molar-refractivity contribution in [2.75, 3.05) is 44.2 Å². The maximum Gasteiger partial charge on any atom is 0.163 e. The van der Waals surface area contributed by atoms with Gasteiger partial charge in [0.05, 0.1) is 17.7 Å². The van der Waals surface area contributed by atoms with Gasteiger partial charge in [0.25, 0.3) is 0 Å². The first-order valence-corrected chi connectivity index (χ1v) is 10.6. The molecule has 1 aliphatic carbocycles. The standard InChI is InChI=1S/C20H30N6O/c1-24-19-17(13-21-24)20(23-18(22-19)15-5-2-3-6-15)26-10-8-25(9-11-26)14-16-7-4-12-27-16/h13,15-16H,2-12,14H2,1H3/t16-/m0/s1. The minimum Gasteiger partial charge on any atom is -0.377 e. The lowest BCUT2D eigenvalue weighted by molar-refractivity contribution is 0.0712. The van der Waals surface area contributed by atoms with E-state index in [2.05, 4.69) is 14.9 Å². The SMILES string of the molecule is Cn1ncc2c(N3CCN(C[C@@H]4CCCO4)CC3)nc(C3CCCC3)nc21. The zero-order valence-corrected chi connectivity index (χ0v) is 16.3. The number of aryl methyl sites for hydroxylation is 1. The molecule has 3 aliphatic rings. The molecule has 2 aliphatic heterocycles. The molecule has 2 aromatic heterocycles. The summed E-state index contributed by atoms with van der Waals surface area (Å²) in [5.41, 5.74) is 0.976. The van der Waals surface area contributed by atoms with E-state index in [9.17, 15) is 0 Å². The first-order chi connectivity index (χ1) is 13.3. The van der Waals surface area contributed by atoms with Gasteiger partial charge < -0.3 is 9.64 Å². The highest BCUT2D eigenvalue weighted by Gasteiger charge is 2.27. The van der Waals surface area contributed by atoms with Crippen LogP contribution in [0.15, 0.2) is 6.20 Å². The lowest BCUT2D eigenvalue weighted by Crippen LogP contribution is -2.48. The Bertz CT molecular complexity index is 785. The van der Waals surface area contributed by atoms with Gasteiger partial charge in [0.1, 0.15) is 11.6 Å². The molecule has 3 fully saturated rings. The Hall–Kier alpha value is -1.73. The lowest BCUT2D eigenvalue weighted by atomic mass is 10.1. The highest BCUT2D eigenvalue weighted by molar-refractivity contribution is 5.87. The van der Waals surface area contributed by atoms with Crippen LogP contribution in [-0.2, 0) is 11.8 Å². The van der Waals surface area contributed by atoms with Gasteiger partial charge in [0.2, 0.25) is 0 Å². The van der Waals surface area contributed by atoms with Gasteiger partial charge in [0.15, 0.2) is 5.65 Å². The second-order valence-electron chi connectivity index (χ2n) is 8.31. The smallest absolute Gasteiger partial charge is 0.163 e. The van der Waals surface area contributed by atoms with E-state index < -0.39 is 0 Å². The Morgan fingerprint density at radius 3 is 2.59 bits per heavy atom. The first kappa shape index (κ1) is 17.4. The molecular weight excluding hydrogens is 340 g/mol. The van der Waals surface area contributed by atoms with Crippen molar-refractivity contribution in [3.63, 3.8) is 0 Å². The van der Waals surface area contributed by atoms with Crippen LogP contribution >= 0.6 is 0 Å². The van der Waals surface area contributed by atoms with Crippen molar-refractivity contribution in [2.24, 2.45) is 7.05 Å². The molecule has 0 spiro atoms. The van der Waals surface area contributed by atoms with E-state index in [1.807, 2.05) is 17.9 Å². The summed E-state index contributed by atoms with van der Waals surface area (Å²) in [5, 5.41) is 5.55. The van der Waals surface area contributed by atoms with Crippen LogP contribution in [0.25, 0.3) is 11.0 Å². The van der Waals surface area contributed by atoms with E-state index in [4.69, 9.17) is 14.7 Å². The lowest BCUT2D eigenvalue weighted by Gasteiger charge is -2.36. The number of piperazine rings is 1. The molecule has 7 nitrogen and oxygen atoms in total. The van der Waals surface area contributed by atoms with E-state index >= 15 is 0 Å². The number of fused-ring (bicyclic) bond motifs is 1. The predicted molar refractivity (Wildman–Crippen MR) is 105 cm³/mol. The van der Waals surface area contributed by atoms with Gasteiger partial charge in [-0.2, -0.15) is 5.10 Å². The molecule has 2 aromatic rings. The number of hydrogen-bond donors (Lipinski definition) is 0. The Balaban J connectivity index is 1.36. The zero-order chi connectivity index (χ0) is 18.2. The Morgan fingerprint density at radius 1 is 1.04 bits per heavy atom. The summed E-state index contributed by atoms with van der Waals surface area (Å²) in [4.78, 5) is 14.9. The van der Waals surface area contributed by atoms with Crippen molar-refractivity contribution in [1.29, 1.82) is 0 Å².